The van der Waals surface area contributed by atoms with Crippen molar-refractivity contribution >= 4 is 16.8 Å². The molecule has 0 atom stereocenters. The molecule has 0 unspecified atom stereocenters. The van der Waals surface area contributed by atoms with Gasteiger partial charge >= 0.3 is 0 Å². The van der Waals surface area contributed by atoms with Crippen LogP contribution in [0.2, 0.25) is 0 Å². The van der Waals surface area contributed by atoms with Gasteiger partial charge < -0.3 is 10.2 Å². The van der Waals surface area contributed by atoms with E-state index in [2.05, 4.69) is 4.98 Å². The zero-order chi connectivity index (χ0) is 10.1. The topological polar surface area (TPSA) is 52.0 Å². The molecule has 0 fully saturated rings. The van der Waals surface area contributed by atoms with E-state index in [9.17, 15) is 4.39 Å². The van der Waals surface area contributed by atoms with E-state index in [-0.39, 0.29) is 5.82 Å². The molecule has 0 saturated heterocycles. The van der Waals surface area contributed by atoms with Gasteiger partial charge in [0.25, 0.3) is 0 Å². The van der Waals surface area contributed by atoms with Crippen molar-refractivity contribution < 1.29 is 8.81 Å². The molecule has 2 aromatic rings. The first-order valence-corrected chi connectivity index (χ1v) is 4.55. The SMILES string of the molecule is CCCc1nc2cc(F)cc(N)c2o1. The van der Waals surface area contributed by atoms with Crippen LogP contribution in [0.4, 0.5) is 10.1 Å². The number of aromatic nitrogens is 1. The molecule has 3 nitrogen and oxygen atoms in total. The number of hydrogen-bond acceptors (Lipinski definition) is 3. The van der Waals surface area contributed by atoms with Crippen LogP contribution in [0, 0.1) is 5.82 Å². The Morgan fingerprint density at radius 1 is 1.50 bits per heavy atom. The lowest BCUT2D eigenvalue weighted by molar-refractivity contribution is 0.526. The first-order valence-electron chi connectivity index (χ1n) is 4.55. The van der Waals surface area contributed by atoms with Crippen molar-refractivity contribution in [3.8, 4) is 0 Å². The first-order chi connectivity index (χ1) is 6.70. The third-order valence-corrected chi connectivity index (χ3v) is 1.99. The van der Waals surface area contributed by atoms with E-state index >= 15 is 0 Å². The Bertz CT molecular complexity index is 464. The molecule has 1 aromatic carbocycles. The van der Waals surface area contributed by atoms with Crippen molar-refractivity contribution in [2.24, 2.45) is 0 Å². The minimum atomic E-state index is -0.383. The number of oxazole rings is 1. The van der Waals surface area contributed by atoms with Gasteiger partial charge in [-0.15, -0.1) is 0 Å². The molecule has 2 rings (SSSR count). The molecule has 0 aliphatic heterocycles. The van der Waals surface area contributed by atoms with Crippen LogP contribution in [0.3, 0.4) is 0 Å². The number of nitrogen functional groups attached to an aromatic ring is 1. The first kappa shape index (κ1) is 8.99. The molecule has 0 spiro atoms. The number of rotatable bonds is 2. The normalized spacial score (nSPS) is 11.0. The second kappa shape index (κ2) is 3.29. The van der Waals surface area contributed by atoms with Crippen LogP contribution in [0.1, 0.15) is 19.2 Å². The van der Waals surface area contributed by atoms with Gasteiger partial charge in [0.2, 0.25) is 0 Å². The molecule has 2 N–H and O–H groups in total. The molecule has 1 heterocycles. The van der Waals surface area contributed by atoms with Gasteiger partial charge in [0.15, 0.2) is 11.5 Å². The van der Waals surface area contributed by atoms with E-state index in [0.29, 0.717) is 22.7 Å². The molecular weight excluding hydrogens is 183 g/mol. The van der Waals surface area contributed by atoms with Gasteiger partial charge in [-0.3, -0.25) is 0 Å². The standard InChI is InChI=1S/C10H11FN2O/c1-2-3-9-13-8-5-6(11)4-7(12)10(8)14-9/h4-5H,2-3,12H2,1H3. The van der Waals surface area contributed by atoms with Crippen molar-refractivity contribution in [3.05, 3.63) is 23.8 Å². The summed E-state index contributed by atoms with van der Waals surface area (Å²) in [6.45, 7) is 2.03. The molecule has 0 amide bonds. The predicted octanol–water partition coefficient (Wildman–Crippen LogP) is 2.50. The average molecular weight is 194 g/mol. The summed E-state index contributed by atoms with van der Waals surface area (Å²) >= 11 is 0. The average Bonchev–Trinajstić information content (AvgIpc) is 2.48. The fourth-order valence-electron chi connectivity index (χ4n) is 1.39. The molecule has 0 radical (unpaired) electrons. The molecule has 0 aliphatic rings. The maximum Gasteiger partial charge on any atom is 0.195 e. The zero-order valence-electron chi connectivity index (χ0n) is 7.88. The maximum absolute atomic E-state index is 12.9. The number of hydrogen-bond donors (Lipinski definition) is 1. The van der Waals surface area contributed by atoms with E-state index in [0.717, 1.165) is 12.8 Å². The molecule has 0 saturated carbocycles. The number of aryl methyl sites for hydroxylation is 1. The molecular formula is C10H11FN2O. The van der Waals surface area contributed by atoms with Crippen LogP contribution in [0.5, 0.6) is 0 Å². The smallest absolute Gasteiger partial charge is 0.195 e. The summed E-state index contributed by atoms with van der Waals surface area (Å²) in [5.74, 6) is 0.228. The fourth-order valence-corrected chi connectivity index (χ4v) is 1.39. The van der Waals surface area contributed by atoms with Crippen molar-refractivity contribution in [1.29, 1.82) is 0 Å². The van der Waals surface area contributed by atoms with Crippen LogP contribution in [-0.2, 0) is 6.42 Å². The highest BCUT2D eigenvalue weighted by Crippen LogP contribution is 2.23. The number of nitrogens with two attached hydrogens (primary N) is 1. The number of halogens is 1. The number of nitrogens with zero attached hydrogens (tertiary/aromatic N) is 1. The Morgan fingerprint density at radius 2 is 2.29 bits per heavy atom. The summed E-state index contributed by atoms with van der Waals surface area (Å²) in [6, 6.07) is 2.57. The van der Waals surface area contributed by atoms with Crippen molar-refractivity contribution in [2.45, 2.75) is 19.8 Å². The molecule has 74 valence electrons. The number of anilines is 1. The second-order valence-electron chi connectivity index (χ2n) is 3.20. The van der Waals surface area contributed by atoms with E-state index in [4.69, 9.17) is 10.2 Å². The lowest BCUT2D eigenvalue weighted by Gasteiger charge is -1.92. The summed E-state index contributed by atoms with van der Waals surface area (Å²) in [5, 5.41) is 0. The van der Waals surface area contributed by atoms with Crippen LogP contribution < -0.4 is 5.73 Å². The molecule has 0 aliphatic carbocycles. The quantitative estimate of drug-likeness (QED) is 0.747. The van der Waals surface area contributed by atoms with Gasteiger partial charge in [0.1, 0.15) is 11.3 Å². The Labute approximate surface area is 80.7 Å². The minimum absolute atomic E-state index is 0.301. The Morgan fingerprint density at radius 3 is 3.00 bits per heavy atom. The monoisotopic (exact) mass is 194 g/mol. The largest absolute Gasteiger partial charge is 0.439 e. The highest BCUT2D eigenvalue weighted by Gasteiger charge is 2.09. The van der Waals surface area contributed by atoms with Gasteiger partial charge in [-0.1, -0.05) is 6.92 Å². The van der Waals surface area contributed by atoms with E-state index in [1.165, 1.54) is 12.1 Å². The number of fused-ring (bicyclic) bond motifs is 1. The summed E-state index contributed by atoms with van der Waals surface area (Å²) in [6.07, 6.45) is 1.69. The minimum Gasteiger partial charge on any atom is -0.439 e. The third kappa shape index (κ3) is 1.43. The van der Waals surface area contributed by atoms with Crippen LogP contribution in [0.15, 0.2) is 16.5 Å². The van der Waals surface area contributed by atoms with Gasteiger partial charge in [-0.05, 0) is 6.42 Å². The summed E-state index contributed by atoms with van der Waals surface area (Å²) < 4.78 is 18.3. The van der Waals surface area contributed by atoms with Crippen LogP contribution in [0.25, 0.3) is 11.1 Å². The Balaban J connectivity index is 2.58. The van der Waals surface area contributed by atoms with Gasteiger partial charge in [-0.25, -0.2) is 9.37 Å². The van der Waals surface area contributed by atoms with E-state index < -0.39 is 0 Å². The summed E-state index contributed by atoms with van der Waals surface area (Å²) in [5.41, 5.74) is 6.87. The predicted molar refractivity (Wildman–Crippen MR) is 52.4 cm³/mol. The maximum atomic E-state index is 12.9. The van der Waals surface area contributed by atoms with Crippen LogP contribution in [-0.4, -0.2) is 4.98 Å². The lowest BCUT2D eigenvalue weighted by atomic mass is 10.3. The second-order valence-corrected chi connectivity index (χ2v) is 3.20. The highest BCUT2D eigenvalue weighted by molar-refractivity contribution is 5.84. The molecule has 0 bridgehead atoms. The zero-order valence-corrected chi connectivity index (χ0v) is 7.88. The van der Waals surface area contributed by atoms with Crippen molar-refractivity contribution in [2.75, 3.05) is 5.73 Å². The van der Waals surface area contributed by atoms with E-state index in [1.54, 1.807) is 0 Å². The number of benzene rings is 1. The Hall–Kier alpha value is -1.58. The van der Waals surface area contributed by atoms with Gasteiger partial charge in [-0.2, -0.15) is 0 Å². The summed E-state index contributed by atoms with van der Waals surface area (Å²) in [4.78, 5) is 4.14. The van der Waals surface area contributed by atoms with Crippen molar-refractivity contribution in [1.82, 2.24) is 4.98 Å². The highest BCUT2D eigenvalue weighted by atomic mass is 19.1. The third-order valence-electron chi connectivity index (χ3n) is 1.99. The Kier molecular flexibility index (Phi) is 2.11. The van der Waals surface area contributed by atoms with Crippen molar-refractivity contribution in [3.63, 3.8) is 0 Å². The van der Waals surface area contributed by atoms with Gasteiger partial charge in [0, 0.05) is 18.6 Å². The molecule has 1 aromatic heterocycles. The van der Waals surface area contributed by atoms with Crippen LogP contribution >= 0.6 is 0 Å². The molecule has 4 heteroatoms. The fraction of sp³-hybridized carbons (Fsp3) is 0.300. The lowest BCUT2D eigenvalue weighted by Crippen LogP contribution is -1.86. The summed E-state index contributed by atoms with van der Waals surface area (Å²) in [7, 11) is 0. The van der Waals surface area contributed by atoms with E-state index in [1.807, 2.05) is 6.92 Å². The van der Waals surface area contributed by atoms with Gasteiger partial charge in [0.05, 0.1) is 5.69 Å². The molecule has 14 heavy (non-hydrogen) atoms.